The van der Waals surface area contributed by atoms with Gasteiger partial charge in [0.25, 0.3) is 5.91 Å². The zero-order valence-corrected chi connectivity index (χ0v) is 14.6. The minimum absolute atomic E-state index is 0.0358. The molecule has 0 saturated heterocycles. The van der Waals surface area contributed by atoms with Gasteiger partial charge in [0.05, 0.1) is 17.6 Å². The van der Waals surface area contributed by atoms with Gasteiger partial charge in [-0.2, -0.15) is 0 Å². The van der Waals surface area contributed by atoms with Crippen LogP contribution in [-0.2, 0) is 16.6 Å². The molecule has 0 atom stereocenters. The molecule has 6 nitrogen and oxygen atoms in total. The third kappa shape index (κ3) is 4.12. The second kappa shape index (κ2) is 7.02. The van der Waals surface area contributed by atoms with Crippen molar-refractivity contribution in [1.82, 2.24) is 5.32 Å². The van der Waals surface area contributed by atoms with E-state index in [4.69, 9.17) is 9.88 Å². The maximum atomic E-state index is 12.4. The quantitative estimate of drug-likeness (QED) is 0.862. The van der Waals surface area contributed by atoms with Crippen LogP contribution in [0.4, 0.5) is 0 Å². The molecule has 2 aromatic carbocycles. The van der Waals surface area contributed by atoms with Crippen molar-refractivity contribution in [3.05, 3.63) is 58.7 Å². The summed E-state index contributed by atoms with van der Waals surface area (Å²) in [6, 6.07) is 9.77. The molecule has 24 heavy (non-hydrogen) atoms. The molecular formula is C17H20N2O4S. The van der Waals surface area contributed by atoms with Gasteiger partial charge < -0.3 is 10.1 Å². The van der Waals surface area contributed by atoms with Crippen LogP contribution < -0.4 is 15.2 Å². The zero-order chi connectivity index (χ0) is 17.9. The largest absolute Gasteiger partial charge is 0.496 e. The second-order valence-electron chi connectivity index (χ2n) is 5.53. The molecule has 0 fully saturated rings. The van der Waals surface area contributed by atoms with Gasteiger partial charge in [-0.05, 0) is 48.7 Å². The van der Waals surface area contributed by atoms with Gasteiger partial charge in [-0.25, -0.2) is 13.6 Å². The van der Waals surface area contributed by atoms with Crippen LogP contribution >= 0.6 is 0 Å². The number of carbonyl (C=O) groups is 1. The number of methoxy groups -OCH3 is 1. The summed E-state index contributed by atoms with van der Waals surface area (Å²) in [4.78, 5) is 12.5. The molecule has 0 aliphatic rings. The Hall–Kier alpha value is -2.38. The summed E-state index contributed by atoms with van der Waals surface area (Å²) in [5.41, 5.74) is 3.09. The Morgan fingerprint density at radius 3 is 2.33 bits per heavy atom. The number of amides is 1. The number of benzene rings is 2. The molecule has 0 saturated carbocycles. The van der Waals surface area contributed by atoms with Crippen LogP contribution in [0.2, 0.25) is 0 Å². The van der Waals surface area contributed by atoms with Crippen molar-refractivity contribution >= 4 is 15.9 Å². The lowest BCUT2D eigenvalue weighted by atomic mass is 10.0. The summed E-state index contributed by atoms with van der Waals surface area (Å²) in [6.07, 6.45) is 0. The SMILES string of the molecule is COc1cc(C)cc(C)c1C(=O)NCc1ccc(S(N)(=O)=O)cc1. The Labute approximate surface area is 141 Å². The first-order valence-corrected chi connectivity index (χ1v) is 8.82. The van der Waals surface area contributed by atoms with E-state index in [1.165, 1.54) is 19.2 Å². The molecule has 0 radical (unpaired) electrons. The number of nitrogens with two attached hydrogens (primary N) is 1. The monoisotopic (exact) mass is 348 g/mol. The van der Waals surface area contributed by atoms with Gasteiger partial charge in [-0.15, -0.1) is 0 Å². The zero-order valence-electron chi connectivity index (χ0n) is 13.8. The van der Waals surface area contributed by atoms with Crippen LogP contribution in [0.5, 0.6) is 5.75 Å². The molecule has 0 bridgehead atoms. The van der Waals surface area contributed by atoms with Crippen molar-refractivity contribution in [2.75, 3.05) is 7.11 Å². The van der Waals surface area contributed by atoms with Crippen molar-refractivity contribution in [3.63, 3.8) is 0 Å². The van der Waals surface area contributed by atoms with Crippen LogP contribution in [0.1, 0.15) is 27.0 Å². The number of hydrogen-bond acceptors (Lipinski definition) is 4. The minimum atomic E-state index is -3.72. The van der Waals surface area contributed by atoms with Crippen molar-refractivity contribution < 1.29 is 17.9 Å². The first-order valence-electron chi connectivity index (χ1n) is 7.27. The summed E-state index contributed by atoms with van der Waals surface area (Å²) in [5, 5.41) is 7.86. The Morgan fingerprint density at radius 2 is 1.79 bits per heavy atom. The highest BCUT2D eigenvalue weighted by molar-refractivity contribution is 7.89. The van der Waals surface area contributed by atoms with Gasteiger partial charge in [-0.1, -0.05) is 18.2 Å². The first-order chi connectivity index (χ1) is 11.2. The predicted octanol–water partition coefficient (Wildman–Crippen LogP) is 1.89. The highest BCUT2D eigenvalue weighted by atomic mass is 32.2. The topological polar surface area (TPSA) is 98.5 Å². The van der Waals surface area contributed by atoms with Crippen molar-refractivity contribution in [2.45, 2.75) is 25.3 Å². The van der Waals surface area contributed by atoms with E-state index in [0.717, 1.165) is 16.7 Å². The molecule has 3 N–H and O–H groups in total. The molecule has 7 heteroatoms. The fourth-order valence-corrected chi connectivity index (χ4v) is 2.96. The average Bonchev–Trinajstić information content (AvgIpc) is 2.51. The lowest BCUT2D eigenvalue weighted by Crippen LogP contribution is -2.24. The Kier molecular flexibility index (Phi) is 5.26. The van der Waals surface area contributed by atoms with E-state index >= 15 is 0 Å². The summed E-state index contributed by atoms with van der Waals surface area (Å²) < 4.78 is 27.7. The molecule has 0 aromatic heterocycles. The summed E-state index contributed by atoms with van der Waals surface area (Å²) in [5.74, 6) is 0.273. The number of rotatable bonds is 5. The van der Waals surface area contributed by atoms with E-state index in [1.807, 2.05) is 26.0 Å². The molecule has 1 amide bonds. The third-order valence-electron chi connectivity index (χ3n) is 3.60. The minimum Gasteiger partial charge on any atom is -0.496 e. The van der Waals surface area contributed by atoms with Gasteiger partial charge in [-0.3, -0.25) is 4.79 Å². The normalized spacial score (nSPS) is 11.2. The Balaban J connectivity index is 2.14. The van der Waals surface area contributed by atoms with Crippen LogP contribution in [0.3, 0.4) is 0 Å². The molecule has 128 valence electrons. The molecule has 2 aromatic rings. The number of carbonyl (C=O) groups excluding carboxylic acids is 1. The van der Waals surface area contributed by atoms with E-state index in [2.05, 4.69) is 5.32 Å². The maximum Gasteiger partial charge on any atom is 0.255 e. The lowest BCUT2D eigenvalue weighted by molar-refractivity contribution is 0.0947. The van der Waals surface area contributed by atoms with E-state index in [1.54, 1.807) is 12.1 Å². The molecule has 0 aliphatic heterocycles. The number of primary sulfonamides is 1. The predicted molar refractivity (Wildman–Crippen MR) is 91.5 cm³/mol. The van der Waals surface area contributed by atoms with E-state index < -0.39 is 10.0 Å². The highest BCUT2D eigenvalue weighted by Crippen LogP contribution is 2.24. The van der Waals surface area contributed by atoms with Crippen molar-refractivity contribution in [3.8, 4) is 5.75 Å². The number of ether oxygens (including phenoxy) is 1. The van der Waals surface area contributed by atoms with Crippen molar-refractivity contribution in [2.24, 2.45) is 5.14 Å². The lowest BCUT2D eigenvalue weighted by Gasteiger charge is -2.13. The standard InChI is InChI=1S/C17H20N2O4S/c1-11-8-12(2)16(15(9-11)23-3)17(20)19-10-13-4-6-14(7-5-13)24(18,21)22/h4-9H,10H2,1-3H3,(H,19,20)(H2,18,21,22). The van der Waals surface area contributed by atoms with Crippen LogP contribution in [-0.4, -0.2) is 21.4 Å². The van der Waals surface area contributed by atoms with Crippen molar-refractivity contribution in [1.29, 1.82) is 0 Å². The van der Waals surface area contributed by atoms with Crippen LogP contribution in [0.15, 0.2) is 41.3 Å². The van der Waals surface area contributed by atoms with Gasteiger partial charge in [0.1, 0.15) is 5.75 Å². The number of aryl methyl sites for hydroxylation is 2. The van der Waals surface area contributed by atoms with Crippen LogP contribution in [0.25, 0.3) is 0 Å². The molecular weight excluding hydrogens is 328 g/mol. The molecule has 0 spiro atoms. The summed E-state index contributed by atoms with van der Waals surface area (Å²) in [6.45, 7) is 4.05. The van der Waals surface area contributed by atoms with Gasteiger partial charge in [0.15, 0.2) is 0 Å². The highest BCUT2D eigenvalue weighted by Gasteiger charge is 2.16. The van der Waals surface area contributed by atoms with Gasteiger partial charge >= 0.3 is 0 Å². The smallest absolute Gasteiger partial charge is 0.255 e. The van der Waals surface area contributed by atoms with Gasteiger partial charge in [0.2, 0.25) is 10.0 Å². The fraction of sp³-hybridized carbons (Fsp3) is 0.235. The van der Waals surface area contributed by atoms with E-state index in [0.29, 0.717) is 11.3 Å². The number of hydrogen-bond donors (Lipinski definition) is 2. The van der Waals surface area contributed by atoms with E-state index in [-0.39, 0.29) is 17.3 Å². The molecule has 0 heterocycles. The summed E-state index contributed by atoms with van der Waals surface area (Å²) in [7, 11) is -2.19. The van der Waals surface area contributed by atoms with Crippen LogP contribution in [0, 0.1) is 13.8 Å². The molecule has 2 rings (SSSR count). The van der Waals surface area contributed by atoms with E-state index in [9.17, 15) is 13.2 Å². The average molecular weight is 348 g/mol. The van der Waals surface area contributed by atoms with Gasteiger partial charge in [0, 0.05) is 6.54 Å². The molecule has 0 aliphatic carbocycles. The number of sulfonamides is 1. The third-order valence-corrected chi connectivity index (χ3v) is 4.52. The first kappa shape index (κ1) is 18.0. The fourth-order valence-electron chi connectivity index (χ4n) is 2.45. The second-order valence-corrected chi connectivity index (χ2v) is 7.09. The maximum absolute atomic E-state index is 12.4. The Bertz CT molecular complexity index is 859. The summed E-state index contributed by atoms with van der Waals surface area (Å²) >= 11 is 0. The molecule has 0 unspecified atom stereocenters. The number of nitrogens with one attached hydrogen (secondary N) is 1. The Morgan fingerprint density at radius 1 is 1.17 bits per heavy atom.